The monoisotopic (exact) mass is 417 g/mol. The van der Waals surface area contributed by atoms with E-state index in [4.69, 9.17) is 4.99 Å². The number of nitrogens with zero attached hydrogens (tertiary/aromatic N) is 3. The molecule has 0 spiro atoms. The first-order chi connectivity index (χ1) is 14.3. The summed E-state index contributed by atoms with van der Waals surface area (Å²) in [6.07, 6.45) is 3.01. The molecule has 2 aliphatic heterocycles. The van der Waals surface area contributed by atoms with Crippen molar-refractivity contribution in [1.29, 1.82) is 0 Å². The van der Waals surface area contributed by atoms with E-state index in [1.807, 2.05) is 24.0 Å². The molecule has 3 nitrogen and oxygen atoms in total. The first-order valence-corrected chi connectivity index (χ1v) is 11.9. The summed E-state index contributed by atoms with van der Waals surface area (Å²) in [6, 6.07) is 26.5. The zero-order chi connectivity index (χ0) is 19.6. The van der Waals surface area contributed by atoms with Crippen molar-refractivity contribution >= 4 is 28.7 Å². The van der Waals surface area contributed by atoms with E-state index < -0.39 is 0 Å². The van der Waals surface area contributed by atoms with Crippen LogP contribution < -0.4 is 0 Å². The smallest absolute Gasteiger partial charge is 0.160 e. The molecule has 0 bridgehead atoms. The highest BCUT2D eigenvalue weighted by Crippen LogP contribution is 2.48. The molecule has 29 heavy (non-hydrogen) atoms. The van der Waals surface area contributed by atoms with Crippen molar-refractivity contribution in [1.82, 2.24) is 9.88 Å². The first-order valence-electron chi connectivity index (χ1n) is 10.1. The van der Waals surface area contributed by atoms with Crippen LogP contribution in [0.5, 0.6) is 0 Å². The van der Waals surface area contributed by atoms with E-state index in [0.29, 0.717) is 6.04 Å². The molecule has 2 aliphatic rings. The Kier molecular flexibility index (Phi) is 5.34. The van der Waals surface area contributed by atoms with Crippen LogP contribution in [0.4, 0.5) is 0 Å². The van der Waals surface area contributed by atoms with Gasteiger partial charge in [-0.25, -0.2) is 0 Å². The van der Waals surface area contributed by atoms with Gasteiger partial charge in [0.2, 0.25) is 0 Å². The molecule has 0 unspecified atom stereocenters. The van der Waals surface area contributed by atoms with Crippen LogP contribution in [0.15, 0.2) is 93.8 Å². The predicted octanol–water partition coefficient (Wildman–Crippen LogP) is 6.21. The van der Waals surface area contributed by atoms with Gasteiger partial charge >= 0.3 is 0 Å². The second kappa shape index (κ2) is 8.25. The third-order valence-corrected chi connectivity index (χ3v) is 7.67. The lowest BCUT2D eigenvalue weighted by Gasteiger charge is -2.32. The average molecular weight is 418 g/mol. The number of aliphatic imine (C=N–C) groups is 1. The number of amidine groups is 1. The maximum absolute atomic E-state index is 5.10. The molecule has 5 rings (SSSR count). The lowest BCUT2D eigenvalue weighted by atomic mass is 9.95. The van der Waals surface area contributed by atoms with Gasteiger partial charge < -0.3 is 4.90 Å². The number of benzene rings is 2. The second-order valence-corrected chi connectivity index (χ2v) is 9.45. The third-order valence-electron chi connectivity index (χ3n) is 5.53. The molecular formula is C24H23N3S2. The fraction of sp³-hybridized carbons (Fsp3) is 0.250. The van der Waals surface area contributed by atoms with E-state index in [1.165, 1.54) is 20.5 Å². The van der Waals surface area contributed by atoms with Crippen LogP contribution in [0.1, 0.15) is 36.7 Å². The summed E-state index contributed by atoms with van der Waals surface area (Å²) in [5, 5.41) is 1.18. The fourth-order valence-corrected chi connectivity index (χ4v) is 6.24. The predicted molar refractivity (Wildman–Crippen MR) is 123 cm³/mol. The highest BCUT2D eigenvalue weighted by atomic mass is 32.2. The van der Waals surface area contributed by atoms with Crippen molar-refractivity contribution in [3.63, 3.8) is 0 Å². The Morgan fingerprint density at radius 1 is 0.966 bits per heavy atom. The molecule has 0 N–H and O–H groups in total. The van der Waals surface area contributed by atoms with Crippen LogP contribution in [0.25, 0.3) is 0 Å². The molecular weight excluding hydrogens is 394 g/mol. The number of hydrogen-bond acceptors (Lipinski definition) is 5. The summed E-state index contributed by atoms with van der Waals surface area (Å²) in [5.41, 5.74) is 2.37. The van der Waals surface area contributed by atoms with Crippen molar-refractivity contribution in [3.05, 3.63) is 90.3 Å². The molecule has 1 aromatic heterocycles. The minimum absolute atomic E-state index is 0.0562. The number of pyridine rings is 1. The Hall–Kier alpha value is -2.24. The molecule has 1 fully saturated rings. The van der Waals surface area contributed by atoms with Gasteiger partial charge in [0.1, 0.15) is 6.04 Å². The summed E-state index contributed by atoms with van der Waals surface area (Å²) in [7, 11) is 0. The SMILES string of the molecule is CC[C@@H]1CSC2=N[C@@H](c3ccccn3)[C@@H](c3ccc(Sc4ccccc4)cc3)N21. The van der Waals surface area contributed by atoms with E-state index >= 15 is 0 Å². The van der Waals surface area contributed by atoms with Crippen molar-refractivity contribution < 1.29 is 0 Å². The maximum Gasteiger partial charge on any atom is 0.160 e. The van der Waals surface area contributed by atoms with Gasteiger partial charge in [0.15, 0.2) is 5.17 Å². The van der Waals surface area contributed by atoms with Gasteiger partial charge in [-0.3, -0.25) is 9.98 Å². The molecule has 3 heterocycles. The van der Waals surface area contributed by atoms with Gasteiger partial charge in [-0.2, -0.15) is 0 Å². The third kappa shape index (κ3) is 3.69. The van der Waals surface area contributed by atoms with Crippen LogP contribution in [-0.4, -0.2) is 26.8 Å². The summed E-state index contributed by atoms with van der Waals surface area (Å²) in [6.45, 7) is 2.28. The zero-order valence-corrected chi connectivity index (χ0v) is 17.9. The Bertz CT molecular complexity index is 990. The summed E-state index contributed by atoms with van der Waals surface area (Å²) >= 11 is 3.69. The molecule has 146 valence electrons. The average Bonchev–Trinajstić information content (AvgIpc) is 3.35. The fourth-order valence-electron chi connectivity index (χ4n) is 4.07. The van der Waals surface area contributed by atoms with E-state index in [0.717, 1.165) is 17.9 Å². The molecule has 0 amide bonds. The van der Waals surface area contributed by atoms with Crippen LogP contribution in [0.3, 0.4) is 0 Å². The number of thioether (sulfide) groups is 1. The van der Waals surface area contributed by atoms with E-state index in [1.54, 1.807) is 11.8 Å². The Labute approximate surface area is 180 Å². The van der Waals surface area contributed by atoms with E-state index in [-0.39, 0.29) is 12.1 Å². The van der Waals surface area contributed by atoms with Gasteiger partial charge in [0.25, 0.3) is 0 Å². The Morgan fingerprint density at radius 2 is 1.72 bits per heavy atom. The van der Waals surface area contributed by atoms with Crippen molar-refractivity contribution in [3.8, 4) is 0 Å². The Morgan fingerprint density at radius 3 is 2.45 bits per heavy atom. The number of fused-ring (bicyclic) bond motifs is 1. The molecule has 3 atom stereocenters. The molecule has 3 aromatic rings. The topological polar surface area (TPSA) is 28.5 Å². The van der Waals surface area contributed by atoms with Crippen molar-refractivity contribution in [2.45, 2.75) is 41.3 Å². The van der Waals surface area contributed by atoms with Crippen LogP contribution in [0, 0.1) is 0 Å². The number of hydrogen-bond donors (Lipinski definition) is 0. The van der Waals surface area contributed by atoms with Gasteiger partial charge in [-0.05, 0) is 48.4 Å². The van der Waals surface area contributed by atoms with Crippen LogP contribution >= 0.6 is 23.5 Å². The Balaban J connectivity index is 1.46. The minimum atomic E-state index is 0.0562. The summed E-state index contributed by atoms with van der Waals surface area (Å²) in [5.74, 6) is 1.13. The lowest BCUT2D eigenvalue weighted by Crippen LogP contribution is -2.35. The van der Waals surface area contributed by atoms with Crippen LogP contribution in [-0.2, 0) is 0 Å². The number of rotatable bonds is 5. The molecule has 2 aromatic carbocycles. The van der Waals surface area contributed by atoms with E-state index in [2.05, 4.69) is 83.5 Å². The summed E-state index contributed by atoms with van der Waals surface area (Å²) < 4.78 is 0. The highest BCUT2D eigenvalue weighted by molar-refractivity contribution is 8.14. The lowest BCUT2D eigenvalue weighted by molar-refractivity contribution is 0.255. The van der Waals surface area contributed by atoms with Crippen LogP contribution in [0.2, 0.25) is 0 Å². The second-order valence-electron chi connectivity index (χ2n) is 7.32. The molecule has 0 aliphatic carbocycles. The largest absolute Gasteiger partial charge is 0.338 e. The highest BCUT2D eigenvalue weighted by Gasteiger charge is 2.45. The van der Waals surface area contributed by atoms with E-state index in [9.17, 15) is 0 Å². The molecule has 1 saturated heterocycles. The van der Waals surface area contributed by atoms with Crippen molar-refractivity contribution in [2.75, 3.05) is 5.75 Å². The molecule has 0 radical (unpaired) electrons. The number of aromatic nitrogens is 1. The van der Waals surface area contributed by atoms with Gasteiger partial charge in [0, 0.05) is 27.8 Å². The normalized spacial score (nSPS) is 23.1. The first kappa shape index (κ1) is 18.8. The minimum Gasteiger partial charge on any atom is -0.338 e. The standard InChI is InChI=1S/C24H23N3S2/c1-2-18-16-28-24-26-22(21-10-6-7-15-25-21)23(27(18)24)17-11-13-20(14-12-17)29-19-8-4-3-5-9-19/h3-15,18,22-23H,2,16H2,1H3/t18-,22+,23-/m1/s1. The summed E-state index contributed by atoms with van der Waals surface area (Å²) in [4.78, 5) is 14.8. The molecule has 5 heteroatoms. The maximum atomic E-state index is 5.10. The van der Waals surface area contributed by atoms with Crippen molar-refractivity contribution in [2.24, 2.45) is 4.99 Å². The van der Waals surface area contributed by atoms with Gasteiger partial charge in [0.05, 0.1) is 11.7 Å². The molecule has 0 saturated carbocycles. The quantitative estimate of drug-likeness (QED) is 0.493. The van der Waals surface area contributed by atoms with Gasteiger partial charge in [-0.15, -0.1) is 0 Å². The van der Waals surface area contributed by atoms with Gasteiger partial charge in [-0.1, -0.05) is 66.8 Å². The zero-order valence-electron chi connectivity index (χ0n) is 16.3.